The molecule has 5 nitrogen and oxygen atoms in total. The highest BCUT2D eigenvalue weighted by Crippen LogP contribution is 2.26. The van der Waals surface area contributed by atoms with Crippen LogP contribution in [0.5, 0.6) is 0 Å². The maximum Gasteiger partial charge on any atom is 0.249 e. The maximum atomic E-state index is 12.4. The summed E-state index contributed by atoms with van der Waals surface area (Å²) < 4.78 is 5.47. The largest absolute Gasteiger partial charge is 0.340 e. The minimum atomic E-state index is -0.369. The number of hydrogen-bond acceptors (Lipinski definition) is 4. The highest BCUT2D eigenvalue weighted by molar-refractivity contribution is 6.30. The van der Waals surface area contributed by atoms with E-state index in [9.17, 15) is 4.79 Å². The van der Waals surface area contributed by atoms with Crippen LogP contribution in [0.3, 0.4) is 0 Å². The van der Waals surface area contributed by atoms with Crippen LogP contribution >= 0.6 is 11.6 Å². The lowest BCUT2D eigenvalue weighted by atomic mass is 9.99. The van der Waals surface area contributed by atoms with Crippen LogP contribution in [-0.2, 0) is 4.79 Å². The van der Waals surface area contributed by atoms with Gasteiger partial charge in [0.05, 0.1) is 0 Å². The lowest BCUT2D eigenvalue weighted by Crippen LogP contribution is -2.31. The van der Waals surface area contributed by atoms with E-state index in [-0.39, 0.29) is 17.9 Å². The number of carbonyl (C=O) groups is 1. The van der Waals surface area contributed by atoms with Crippen LogP contribution in [0.2, 0.25) is 5.02 Å². The minimum absolute atomic E-state index is 0.132. The van der Waals surface area contributed by atoms with Crippen LogP contribution in [0.4, 0.5) is 0 Å². The van der Waals surface area contributed by atoms with Crippen molar-refractivity contribution in [2.24, 2.45) is 5.92 Å². The summed E-state index contributed by atoms with van der Waals surface area (Å²) in [6.07, 6.45) is 4.14. The maximum absolute atomic E-state index is 12.4. The van der Waals surface area contributed by atoms with Crippen LogP contribution in [0.25, 0.3) is 17.5 Å². The van der Waals surface area contributed by atoms with Crippen molar-refractivity contribution in [2.45, 2.75) is 26.3 Å². The molecule has 0 spiro atoms. The Balaban J connectivity index is 1.76. The number of carbonyl (C=O) groups excluding carboxylic acids is 1. The van der Waals surface area contributed by atoms with E-state index in [2.05, 4.69) is 22.4 Å². The van der Waals surface area contributed by atoms with Gasteiger partial charge in [-0.3, -0.25) is 4.79 Å². The molecule has 0 saturated heterocycles. The fourth-order valence-electron chi connectivity index (χ4n) is 2.70. The minimum Gasteiger partial charge on any atom is -0.340 e. The van der Waals surface area contributed by atoms with Gasteiger partial charge in [-0.2, -0.15) is 4.98 Å². The molecule has 2 aromatic carbocycles. The van der Waals surface area contributed by atoms with Gasteiger partial charge in [0.25, 0.3) is 0 Å². The van der Waals surface area contributed by atoms with Crippen LogP contribution in [0.15, 0.2) is 65.2 Å². The number of nitrogens with one attached hydrogen (secondary N) is 1. The molecule has 2 atom stereocenters. The zero-order chi connectivity index (χ0) is 19.9. The summed E-state index contributed by atoms with van der Waals surface area (Å²) in [7, 11) is 0. The second kappa shape index (κ2) is 9.33. The average molecular weight is 396 g/mol. The second-order valence-corrected chi connectivity index (χ2v) is 7.02. The lowest BCUT2D eigenvalue weighted by Gasteiger charge is -2.19. The van der Waals surface area contributed by atoms with E-state index in [0.29, 0.717) is 16.7 Å². The monoisotopic (exact) mass is 395 g/mol. The van der Waals surface area contributed by atoms with Crippen molar-refractivity contribution in [3.8, 4) is 11.4 Å². The van der Waals surface area contributed by atoms with E-state index < -0.39 is 0 Å². The Kier molecular flexibility index (Phi) is 6.61. The predicted octanol–water partition coefficient (Wildman–Crippen LogP) is 5.31. The second-order valence-electron chi connectivity index (χ2n) is 6.58. The summed E-state index contributed by atoms with van der Waals surface area (Å²) in [4.78, 5) is 16.9. The van der Waals surface area contributed by atoms with Crippen molar-refractivity contribution in [2.75, 3.05) is 0 Å². The van der Waals surface area contributed by atoms with Crippen molar-refractivity contribution in [1.82, 2.24) is 15.5 Å². The van der Waals surface area contributed by atoms with Gasteiger partial charge in [0, 0.05) is 16.7 Å². The number of amides is 1. The van der Waals surface area contributed by atoms with Crippen LogP contribution in [0, 0.1) is 5.92 Å². The van der Waals surface area contributed by atoms with Crippen molar-refractivity contribution in [3.05, 3.63) is 77.2 Å². The number of rotatable bonds is 7. The third-order valence-corrected chi connectivity index (χ3v) is 4.80. The van der Waals surface area contributed by atoms with Gasteiger partial charge in [0.1, 0.15) is 6.04 Å². The molecule has 6 heteroatoms. The van der Waals surface area contributed by atoms with E-state index in [1.54, 1.807) is 18.2 Å². The fourth-order valence-corrected chi connectivity index (χ4v) is 2.82. The zero-order valence-electron chi connectivity index (χ0n) is 15.8. The van der Waals surface area contributed by atoms with Crippen molar-refractivity contribution < 1.29 is 9.32 Å². The Bertz CT molecular complexity index is 936. The average Bonchev–Trinajstić information content (AvgIpc) is 3.21. The van der Waals surface area contributed by atoms with Gasteiger partial charge in [-0.15, -0.1) is 0 Å². The predicted molar refractivity (Wildman–Crippen MR) is 111 cm³/mol. The molecule has 0 aliphatic carbocycles. The molecule has 0 saturated carbocycles. The molecule has 0 fully saturated rings. The van der Waals surface area contributed by atoms with E-state index in [1.165, 1.54) is 6.08 Å². The van der Waals surface area contributed by atoms with E-state index in [1.807, 2.05) is 49.4 Å². The molecule has 0 aliphatic heterocycles. The Morgan fingerprint density at radius 3 is 2.57 bits per heavy atom. The van der Waals surface area contributed by atoms with Crippen LogP contribution in [0.1, 0.15) is 37.8 Å². The molecule has 0 unspecified atom stereocenters. The summed E-state index contributed by atoms with van der Waals surface area (Å²) in [5, 5.41) is 7.68. The molecule has 1 N–H and O–H groups in total. The number of hydrogen-bond donors (Lipinski definition) is 1. The molecule has 0 aliphatic rings. The molecule has 144 valence electrons. The smallest absolute Gasteiger partial charge is 0.249 e. The van der Waals surface area contributed by atoms with Crippen LogP contribution < -0.4 is 5.32 Å². The Labute approximate surface area is 169 Å². The van der Waals surface area contributed by atoms with Crippen LogP contribution in [-0.4, -0.2) is 16.0 Å². The number of aromatic nitrogens is 2. The summed E-state index contributed by atoms with van der Waals surface area (Å²) in [5.41, 5.74) is 1.76. The quantitative estimate of drug-likeness (QED) is 0.550. The fraction of sp³-hybridized carbons (Fsp3) is 0.227. The first-order chi connectivity index (χ1) is 13.6. The summed E-state index contributed by atoms with van der Waals surface area (Å²) in [6.45, 7) is 4.10. The molecular formula is C22H22ClN3O2. The molecule has 1 amide bonds. The Morgan fingerprint density at radius 2 is 1.89 bits per heavy atom. The first-order valence-corrected chi connectivity index (χ1v) is 9.57. The van der Waals surface area contributed by atoms with Crippen molar-refractivity contribution in [3.63, 3.8) is 0 Å². The zero-order valence-corrected chi connectivity index (χ0v) is 16.6. The van der Waals surface area contributed by atoms with Gasteiger partial charge >= 0.3 is 0 Å². The first kappa shape index (κ1) is 19.8. The van der Waals surface area contributed by atoms with Gasteiger partial charge in [-0.05, 0) is 41.8 Å². The van der Waals surface area contributed by atoms with Crippen molar-refractivity contribution >= 4 is 23.6 Å². The molecule has 3 rings (SSSR count). The molecule has 3 aromatic rings. The highest BCUT2D eigenvalue weighted by atomic mass is 35.5. The first-order valence-electron chi connectivity index (χ1n) is 9.20. The van der Waals surface area contributed by atoms with E-state index in [4.69, 9.17) is 16.1 Å². The van der Waals surface area contributed by atoms with E-state index >= 15 is 0 Å². The molecule has 0 radical (unpaired) electrons. The number of halogens is 1. The Morgan fingerprint density at radius 1 is 1.18 bits per heavy atom. The standard InChI is InChI=1S/C22H22ClN3O2/c1-3-15(2)20(24-19(27)14-9-16-7-5-4-6-8-16)22-25-21(26-28-22)17-10-12-18(23)13-11-17/h4-15,20H,3H2,1-2H3,(H,24,27)/b14-9+/t15-,20-/m1/s1. The summed E-state index contributed by atoms with van der Waals surface area (Å²) >= 11 is 5.93. The van der Waals surface area contributed by atoms with Crippen molar-refractivity contribution in [1.29, 1.82) is 0 Å². The third-order valence-electron chi connectivity index (χ3n) is 4.55. The molecule has 1 aromatic heterocycles. The van der Waals surface area contributed by atoms with Gasteiger partial charge in [-0.25, -0.2) is 0 Å². The van der Waals surface area contributed by atoms with E-state index in [0.717, 1.165) is 17.5 Å². The number of benzene rings is 2. The summed E-state index contributed by atoms with van der Waals surface area (Å²) in [6, 6.07) is 16.5. The topological polar surface area (TPSA) is 68.0 Å². The highest BCUT2D eigenvalue weighted by Gasteiger charge is 2.25. The molecule has 28 heavy (non-hydrogen) atoms. The molecule has 1 heterocycles. The SMILES string of the molecule is CC[C@@H](C)[C@@H](NC(=O)/C=C/c1ccccc1)c1nc(-c2ccc(Cl)cc2)no1. The molecule has 0 bridgehead atoms. The number of nitrogens with zero attached hydrogens (tertiary/aromatic N) is 2. The lowest BCUT2D eigenvalue weighted by molar-refractivity contribution is -0.117. The Hall–Kier alpha value is -2.92. The van der Waals surface area contributed by atoms with Gasteiger partial charge < -0.3 is 9.84 Å². The normalized spacial score (nSPS) is 13.4. The van der Waals surface area contributed by atoms with Gasteiger partial charge in [0.15, 0.2) is 0 Å². The molecular weight excluding hydrogens is 374 g/mol. The van der Waals surface area contributed by atoms with Gasteiger partial charge in [-0.1, -0.05) is 67.4 Å². The third kappa shape index (κ3) is 5.08. The van der Waals surface area contributed by atoms with Gasteiger partial charge in [0.2, 0.25) is 17.6 Å². The summed E-state index contributed by atoms with van der Waals surface area (Å²) in [5.74, 6) is 0.780.